The predicted octanol–water partition coefficient (Wildman–Crippen LogP) is 16.2. The summed E-state index contributed by atoms with van der Waals surface area (Å²) in [5.74, 6) is 0. The number of nitriles is 1. The van der Waals surface area contributed by atoms with E-state index in [0.29, 0.717) is 12.3 Å². The third kappa shape index (κ3) is 29.3. The lowest BCUT2D eigenvalue weighted by Crippen LogP contribution is -2.74. The van der Waals surface area contributed by atoms with Gasteiger partial charge in [-0.15, -0.1) is 0 Å². The maximum atomic E-state index is 8.38. The van der Waals surface area contributed by atoms with Gasteiger partial charge in [0.05, 0.1) is 11.6 Å². The normalized spacial score (nSPS) is 10.1. The molecule has 14 rings (SSSR count). The fourth-order valence-corrected chi connectivity index (χ4v) is 9.97. The average molecular weight is 1320 g/mol. The van der Waals surface area contributed by atoms with Gasteiger partial charge in [0.2, 0.25) is 13.4 Å². The first kappa shape index (κ1) is 79.5. The minimum Gasteiger partial charge on any atom is -0.264 e. The number of hydrogen-bond acceptors (Lipinski definition) is 10. The Kier molecular flexibility index (Phi) is 34.4. The number of aryl methyl sites for hydroxylation is 18. The molecule has 0 saturated heterocycles. The Morgan fingerprint density at radius 3 is 1.02 bits per heavy atom. The summed E-state index contributed by atoms with van der Waals surface area (Å²) in [5.41, 5.74) is 30.2. The van der Waals surface area contributed by atoms with Crippen molar-refractivity contribution in [1.29, 1.82) is 5.26 Å². The van der Waals surface area contributed by atoms with Crippen LogP contribution in [0.4, 0.5) is 0 Å². The molecule has 10 nitrogen and oxygen atoms in total. The molecule has 9 aromatic heterocycles. The number of pyridine rings is 9. The zero-order valence-electron chi connectivity index (χ0n) is 62.0. The van der Waals surface area contributed by atoms with Crippen LogP contribution in [0.15, 0.2) is 268 Å². The highest BCUT2D eigenvalue weighted by atomic mass is 14.7. The topological polar surface area (TPSA) is 140 Å². The molecule has 0 amide bonds. The Labute approximate surface area is 598 Å². The first-order valence-corrected chi connectivity index (χ1v) is 33.7. The van der Waals surface area contributed by atoms with Gasteiger partial charge in [0.15, 0.2) is 0 Å². The van der Waals surface area contributed by atoms with Crippen molar-refractivity contribution in [3.63, 3.8) is 0 Å². The van der Waals surface area contributed by atoms with E-state index in [1.807, 2.05) is 200 Å². The van der Waals surface area contributed by atoms with E-state index in [9.17, 15) is 0 Å². The van der Waals surface area contributed by atoms with Crippen LogP contribution in [0, 0.1) is 136 Å². The summed E-state index contributed by atoms with van der Waals surface area (Å²) in [5, 5.41) is 8.38. The zero-order valence-corrected chi connectivity index (χ0v) is 62.0. The molecule has 0 radical (unpaired) electrons. The van der Waals surface area contributed by atoms with Crippen LogP contribution in [0.5, 0.6) is 0 Å². The van der Waals surface area contributed by atoms with Crippen molar-refractivity contribution in [3.8, 4) is 6.07 Å². The third-order valence-electron chi connectivity index (χ3n) is 15.9. The lowest BCUT2D eigenvalue weighted by Gasteiger charge is -2.32. The molecule has 0 aliphatic carbocycles. The highest BCUT2D eigenvalue weighted by Gasteiger charge is 2.37. The molecule has 0 saturated carbocycles. The van der Waals surface area contributed by atoms with Crippen molar-refractivity contribution in [2.24, 2.45) is 0 Å². The van der Waals surface area contributed by atoms with Gasteiger partial charge in [-0.1, -0.05) is 178 Å². The van der Waals surface area contributed by atoms with E-state index in [1.165, 1.54) is 88.4 Å². The summed E-state index contributed by atoms with van der Waals surface area (Å²) in [6, 6.07) is 73.6. The van der Waals surface area contributed by atoms with Crippen molar-refractivity contribution < 1.29 is 0 Å². The molecule has 13 aromatic rings. The van der Waals surface area contributed by atoms with E-state index in [0.717, 1.165) is 45.6 Å². The summed E-state index contributed by atoms with van der Waals surface area (Å²) in [6.07, 6.45) is 18.2. The number of fused-ring (bicyclic) bond motifs is 2. The number of hydrogen-bond donors (Lipinski definition) is 0. The Balaban J connectivity index is 0.000000211. The molecule has 0 spiro atoms. The van der Waals surface area contributed by atoms with E-state index in [2.05, 4.69) is 226 Å². The molecule has 0 atom stereocenters. The van der Waals surface area contributed by atoms with Crippen LogP contribution >= 0.6 is 0 Å². The molecule has 10 heterocycles. The quantitative estimate of drug-likeness (QED) is 0.154. The van der Waals surface area contributed by atoms with Gasteiger partial charge in [-0.25, -0.2) is 0 Å². The SMILES string of the molecule is Cc1cc(C#N)ccn1.Cc1ccc(B2c3ccccc3B(c3ccccc3)c3ccccc32)cc1.Cc1ccc(C)nc1.Cc1ccc(C)nc1.Cc1cccc(C)n1.Cc1cccnc1C.Cc1cccnc1C.Cc1ccnc(C)c1.Cc1ccncc1C.Cc1cncc(C)c1. The van der Waals surface area contributed by atoms with Gasteiger partial charge < -0.3 is 0 Å². The van der Waals surface area contributed by atoms with Gasteiger partial charge in [0.1, 0.15) is 0 Å². The van der Waals surface area contributed by atoms with Crippen LogP contribution in [0.1, 0.15) is 107 Å². The highest BCUT2D eigenvalue weighted by molar-refractivity contribution is 7.11. The molecule has 0 bridgehead atoms. The van der Waals surface area contributed by atoms with Crippen molar-refractivity contribution in [2.75, 3.05) is 0 Å². The predicted molar refractivity (Wildman–Crippen MR) is 423 cm³/mol. The summed E-state index contributed by atoms with van der Waals surface area (Å²) >= 11 is 0. The van der Waals surface area contributed by atoms with Crippen molar-refractivity contribution >= 4 is 46.2 Å². The van der Waals surface area contributed by atoms with Crippen LogP contribution in [0.2, 0.25) is 0 Å². The Hall–Kier alpha value is -11.2. The second kappa shape index (κ2) is 43.2. The van der Waals surface area contributed by atoms with Gasteiger partial charge >= 0.3 is 0 Å². The lowest BCUT2D eigenvalue weighted by molar-refractivity contribution is 1.12. The summed E-state index contributed by atoms with van der Waals surface area (Å²) in [6.45, 7) is 37.0. The molecule has 0 fully saturated rings. The van der Waals surface area contributed by atoms with Gasteiger partial charge in [-0.05, 0) is 241 Å². The van der Waals surface area contributed by atoms with Gasteiger partial charge in [0.25, 0.3) is 0 Å². The molecule has 1 aliphatic rings. The zero-order chi connectivity index (χ0) is 72.8. The molecule has 100 heavy (non-hydrogen) atoms. The molecule has 506 valence electrons. The van der Waals surface area contributed by atoms with Crippen LogP contribution < -0.4 is 32.8 Å². The van der Waals surface area contributed by atoms with Crippen LogP contribution in [-0.2, 0) is 0 Å². The largest absolute Gasteiger partial charge is 0.264 e. The maximum absolute atomic E-state index is 8.38. The summed E-state index contributed by atoms with van der Waals surface area (Å²) in [7, 11) is 0. The smallest absolute Gasteiger partial charge is 0.240 e. The fourth-order valence-electron chi connectivity index (χ4n) is 9.97. The Morgan fingerprint density at radius 2 is 0.710 bits per heavy atom. The fraction of sp³-hybridized carbons (Fsp3) is 0.205. The van der Waals surface area contributed by atoms with E-state index < -0.39 is 0 Å². The second-order valence-corrected chi connectivity index (χ2v) is 24.9. The van der Waals surface area contributed by atoms with Gasteiger partial charge in [-0.2, -0.15) is 5.26 Å². The second-order valence-electron chi connectivity index (χ2n) is 24.9. The van der Waals surface area contributed by atoms with E-state index in [-0.39, 0.29) is 6.71 Å². The van der Waals surface area contributed by atoms with Crippen molar-refractivity contribution in [3.05, 3.63) is 375 Å². The standard InChI is InChI=1S/C25H20B2.C7H6N2.8C7H9N/c1-19-15-17-21(18-16-19)27-24-13-7-5-11-22(24)26(20-9-3-2-4-10-20)23-12-6-8-14-25(23)27;1-6-4-7(5-8)2-3-9-6;1-6-3-7(2)5-8-4-6;1-6-3-4-8-5-7(6)2;1-6-3-4-8-7(2)5-6;2*1-6-3-4-7(2)8-5-6;2*1-6-4-3-5-8-7(6)2;1-6-4-3-5-7(2)8-6/h2-18H,1H3;2-4H,1H3;8*3-5H,1-2H3. The summed E-state index contributed by atoms with van der Waals surface area (Å²) in [4.78, 5) is 36.4. The molecule has 12 heteroatoms. The number of aromatic nitrogens is 9. The first-order chi connectivity index (χ1) is 48.0. The molecule has 1 aliphatic heterocycles. The van der Waals surface area contributed by atoms with E-state index in [1.54, 1.807) is 18.3 Å². The first-order valence-electron chi connectivity index (χ1n) is 33.7. The summed E-state index contributed by atoms with van der Waals surface area (Å²) < 4.78 is 0. The van der Waals surface area contributed by atoms with Crippen LogP contribution in [0.25, 0.3) is 0 Å². The lowest BCUT2D eigenvalue weighted by atomic mass is 9.21. The molecular formula is C88H98B2N10. The molecule has 4 aromatic carbocycles. The maximum Gasteiger partial charge on any atom is 0.240 e. The molecule has 0 N–H and O–H groups in total. The van der Waals surface area contributed by atoms with E-state index >= 15 is 0 Å². The third-order valence-corrected chi connectivity index (χ3v) is 15.9. The van der Waals surface area contributed by atoms with Crippen molar-refractivity contribution in [1.82, 2.24) is 44.9 Å². The highest BCUT2D eigenvalue weighted by Crippen LogP contribution is 2.07. The molecular weight excluding hydrogens is 1220 g/mol. The minimum absolute atomic E-state index is 0.290. The number of nitrogens with zero attached hydrogens (tertiary/aromatic N) is 10. The van der Waals surface area contributed by atoms with Gasteiger partial charge in [-0.3, -0.25) is 44.9 Å². The molecule has 0 unspecified atom stereocenters. The number of rotatable bonds is 2. The monoisotopic (exact) mass is 1320 g/mol. The van der Waals surface area contributed by atoms with Crippen LogP contribution in [0.3, 0.4) is 0 Å². The number of benzene rings is 4. The van der Waals surface area contributed by atoms with Crippen molar-refractivity contribution in [2.45, 2.75) is 125 Å². The minimum atomic E-state index is 0.290. The Morgan fingerprint density at radius 1 is 0.260 bits per heavy atom. The van der Waals surface area contributed by atoms with E-state index in [4.69, 9.17) is 5.26 Å². The van der Waals surface area contributed by atoms with Crippen LogP contribution in [-0.4, -0.2) is 58.3 Å². The van der Waals surface area contributed by atoms with Gasteiger partial charge in [0, 0.05) is 108 Å². The Bertz CT molecular complexity index is 4100. The average Bonchev–Trinajstić information content (AvgIpc) is 0.739.